The Morgan fingerprint density at radius 2 is 1.00 bits per heavy atom. The average Bonchev–Trinajstić information content (AvgIpc) is 3.39. The van der Waals surface area contributed by atoms with Crippen molar-refractivity contribution in [2.45, 2.75) is 12.1 Å². The van der Waals surface area contributed by atoms with Gasteiger partial charge in [0.1, 0.15) is 0 Å². The van der Waals surface area contributed by atoms with Crippen molar-refractivity contribution in [3.8, 4) is 0 Å². The highest BCUT2D eigenvalue weighted by atomic mass is 16.2. The normalized spacial score (nSPS) is 19.4. The highest BCUT2D eigenvalue weighted by molar-refractivity contribution is 5.96. The minimum absolute atomic E-state index is 0.0910. The predicted molar refractivity (Wildman–Crippen MR) is 91.0 cm³/mol. The molecule has 0 N–H and O–H groups in total. The first-order valence-electron chi connectivity index (χ1n) is 7.84. The number of hydrogen-bond donors (Lipinski definition) is 0. The van der Waals surface area contributed by atoms with E-state index < -0.39 is 0 Å². The molecule has 3 aromatic rings. The van der Waals surface area contributed by atoms with Crippen LogP contribution in [0, 0.1) is 0 Å². The van der Waals surface area contributed by atoms with Crippen LogP contribution in [0.1, 0.15) is 33.6 Å². The van der Waals surface area contributed by atoms with Gasteiger partial charge in [-0.15, -0.1) is 0 Å². The molecule has 1 saturated heterocycles. The van der Waals surface area contributed by atoms with Crippen molar-refractivity contribution in [2.24, 2.45) is 0 Å². The SMILES string of the molecule is O=C(c1ccccc1)N1[C@H](c2ccccc2)[C@H]1c1ccccc1. The number of carbonyl (C=O) groups excluding carboxylic acids is 1. The zero-order valence-electron chi connectivity index (χ0n) is 12.7. The molecule has 0 aromatic heterocycles. The fourth-order valence-electron chi connectivity index (χ4n) is 3.20. The van der Waals surface area contributed by atoms with Crippen molar-refractivity contribution in [3.63, 3.8) is 0 Å². The molecule has 4 rings (SSSR count). The summed E-state index contributed by atoms with van der Waals surface area (Å²) in [4.78, 5) is 14.9. The smallest absolute Gasteiger partial charge is 0.255 e. The molecule has 2 nitrogen and oxygen atoms in total. The lowest BCUT2D eigenvalue weighted by atomic mass is 10.0. The van der Waals surface area contributed by atoms with E-state index in [1.54, 1.807) is 0 Å². The van der Waals surface area contributed by atoms with Crippen molar-refractivity contribution in [1.82, 2.24) is 4.90 Å². The second-order valence-corrected chi connectivity index (χ2v) is 5.79. The van der Waals surface area contributed by atoms with Gasteiger partial charge in [0.15, 0.2) is 0 Å². The molecule has 0 aliphatic carbocycles. The molecular weight excluding hydrogens is 282 g/mol. The molecule has 0 saturated carbocycles. The summed E-state index contributed by atoms with van der Waals surface area (Å²) in [7, 11) is 0. The summed E-state index contributed by atoms with van der Waals surface area (Å²) in [6, 6.07) is 30.3. The second-order valence-electron chi connectivity index (χ2n) is 5.79. The maximum Gasteiger partial charge on any atom is 0.255 e. The van der Waals surface area contributed by atoms with Crippen LogP contribution in [0.25, 0.3) is 0 Å². The Hall–Kier alpha value is -2.87. The van der Waals surface area contributed by atoms with Crippen molar-refractivity contribution >= 4 is 5.91 Å². The average molecular weight is 299 g/mol. The van der Waals surface area contributed by atoms with Crippen molar-refractivity contribution in [3.05, 3.63) is 108 Å². The van der Waals surface area contributed by atoms with Crippen LogP contribution in [0.5, 0.6) is 0 Å². The summed E-state index contributed by atoms with van der Waals surface area (Å²) in [6.07, 6.45) is 0. The third-order valence-electron chi connectivity index (χ3n) is 4.35. The Balaban J connectivity index is 1.70. The third-order valence-corrected chi connectivity index (χ3v) is 4.35. The summed E-state index contributed by atoms with van der Waals surface area (Å²) in [5.41, 5.74) is 3.11. The van der Waals surface area contributed by atoms with Gasteiger partial charge in [-0.2, -0.15) is 0 Å². The Morgan fingerprint density at radius 3 is 1.43 bits per heavy atom. The number of rotatable bonds is 3. The number of hydrogen-bond acceptors (Lipinski definition) is 1. The minimum atomic E-state index is 0.0910. The molecule has 0 spiro atoms. The van der Waals surface area contributed by atoms with Gasteiger partial charge >= 0.3 is 0 Å². The monoisotopic (exact) mass is 299 g/mol. The van der Waals surface area contributed by atoms with Crippen LogP contribution < -0.4 is 0 Å². The molecular formula is C21H17NO. The van der Waals surface area contributed by atoms with Gasteiger partial charge in [0.05, 0.1) is 12.1 Å². The molecule has 112 valence electrons. The Bertz CT molecular complexity index is 754. The summed E-state index contributed by atoms with van der Waals surface area (Å²) in [6.45, 7) is 0. The van der Waals surface area contributed by atoms with Crippen LogP contribution in [0.2, 0.25) is 0 Å². The van der Waals surface area contributed by atoms with Gasteiger partial charge in [0.25, 0.3) is 5.91 Å². The lowest BCUT2D eigenvalue weighted by Gasteiger charge is -2.05. The third kappa shape index (κ3) is 2.53. The zero-order valence-corrected chi connectivity index (χ0v) is 12.7. The van der Waals surface area contributed by atoms with E-state index in [4.69, 9.17) is 0 Å². The maximum absolute atomic E-state index is 12.9. The molecule has 0 bridgehead atoms. The maximum atomic E-state index is 12.9. The second kappa shape index (κ2) is 5.73. The lowest BCUT2D eigenvalue weighted by Crippen LogP contribution is -2.12. The van der Waals surface area contributed by atoms with E-state index in [0.717, 1.165) is 5.56 Å². The molecule has 2 heteroatoms. The van der Waals surface area contributed by atoms with Gasteiger partial charge in [-0.1, -0.05) is 78.9 Å². The first kappa shape index (κ1) is 13.8. The summed E-state index contributed by atoms with van der Waals surface area (Å²) in [5, 5.41) is 0. The minimum Gasteiger partial charge on any atom is -0.320 e. The molecule has 1 fully saturated rings. The van der Waals surface area contributed by atoms with E-state index in [2.05, 4.69) is 24.3 Å². The standard InChI is InChI=1S/C21H17NO/c23-21(18-14-8-3-9-15-18)22-19(16-10-4-1-5-11-16)20(22)17-12-6-2-7-13-17/h1-15,19-20H/t19-,20-/m1/s1. The van der Waals surface area contributed by atoms with Gasteiger partial charge in [0.2, 0.25) is 0 Å². The van der Waals surface area contributed by atoms with Gasteiger partial charge in [-0.25, -0.2) is 0 Å². The first-order valence-corrected chi connectivity index (χ1v) is 7.84. The van der Waals surface area contributed by atoms with Crippen LogP contribution in [0.3, 0.4) is 0 Å². The largest absolute Gasteiger partial charge is 0.320 e. The van der Waals surface area contributed by atoms with E-state index >= 15 is 0 Å². The van der Waals surface area contributed by atoms with Crippen LogP contribution in [-0.4, -0.2) is 10.8 Å². The van der Waals surface area contributed by atoms with Crippen LogP contribution >= 0.6 is 0 Å². The Kier molecular flexibility index (Phi) is 3.43. The van der Waals surface area contributed by atoms with Crippen LogP contribution in [0.4, 0.5) is 0 Å². The lowest BCUT2D eigenvalue weighted by molar-refractivity contribution is 0.0864. The summed E-state index contributed by atoms with van der Waals surface area (Å²) >= 11 is 0. The topological polar surface area (TPSA) is 20.1 Å². The zero-order chi connectivity index (χ0) is 15.6. The van der Waals surface area contributed by atoms with Crippen LogP contribution in [0.15, 0.2) is 91.0 Å². The molecule has 23 heavy (non-hydrogen) atoms. The fraction of sp³-hybridized carbons (Fsp3) is 0.0952. The highest BCUT2D eigenvalue weighted by Gasteiger charge is 2.52. The van der Waals surface area contributed by atoms with Crippen molar-refractivity contribution in [2.75, 3.05) is 0 Å². The van der Waals surface area contributed by atoms with Crippen LogP contribution in [-0.2, 0) is 0 Å². The summed E-state index contributed by atoms with van der Waals surface area (Å²) in [5.74, 6) is 0.0910. The Labute approximate surface area is 136 Å². The number of carbonyl (C=O) groups is 1. The molecule has 0 radical (unpaired) electrons. The Morgan fingerprint density at radius 1 is 0.609 bits per heavy atom. The first-order chi connectivity index (χ1) is 11.4. The number of benzene rings is 3. The highest BCUT2D eigenvalue weighted by Crippen LogP contribution is 2.55. The van der Waals surface area contributed by atoms with E-state index in [1.807, 2.05) is 71.6 Å². The van der Waals surface area contributed by atoms with E-state index in [9.17, 15) is 4.79 Å². The molecule has 2 atom stereocenters. The van der Waals surface area contributed by atoms with Gasteiger partial charge < -0.3 is 4.90 Å². The molecule has 1 heterocycles. The van der Waals surface area contributed by atoms with Gasteiger partial charge in [0, 0.05) is 5.56 Å². The summed E-state index contributed by atoms with van der Waals surface area (Å²) < 4.78 is 0. The number of nitrogens with zero attached hydrogens (tertiary/aromatic N) is 1. The quantitative estimate of drug-likeness (QED) is 0.646. The van der Waals surface area contributed by atoms with Gasteiger partial charge in [-0.05, 0) is 23.3 Å². The molecule has 3 aromatic carbocycles. The molecule has 1 aliphatic heterocycles. The molecule has 1 amide bonds. The number of amides is 1. The fourth-order valence-corrected chi connectivity index (χ4v) is 3.20. The van der Waals surface area contributed by atoms with E-state index in [-0.39, 0.29) is 18.0 Å². The van der Waals surface area contributed by atoms with E-state index in [0.29, 0.717) is 0 Å². The van der Waals surface area contributed by atoms with Gasteiger partial charge in [-0.3, -0.25) is 4.79 Å². The molecule has 0 unspecified atom stereocenters. The predicted octanol–water partition coefficient (Wildman–Crippen LogP) is 4.63. The van der Waals surface area contributed by atoms with Crippen molar-refractivity contribution in [1.29, 1.82) is 0 Å². The van der Waals surface area contributed by atoms with Crippen molar-refractivity contribution < 1.29 is 4.79 Å². The molecule has 1 aliphatic rings. The van der Waals surface area contributed by atoms with E-state index in [1.165, 1.54) is 11.1 Å².